The number of benzene rings is 14. The lowest BCUT2D eigenvalue weighted by Gasteiger charge is -2.32. The van der Waals surface area contributed by atoms with E-state index < -0.39 is 18.3 Å². The molecular formula is C96H72BBrN8O2. The van der Waals surface area contributed by atoms with Gasteiger partial charge in [-0.1, -0.05) is 265 Å². The summed E-state index contributed by atoms with van der Waals surface area (Å²) < 4.78 is 18.3. The Balaban J connectivity index is 0.000000117. The number of nitrogens with zero attached hydrogens (tertiary/aromatic N) is 8. The van der Waals surface area contributed by atoms with Gasteiger partial charge in [0.2, 0.25) is 0 Å². The molecule has 5 heterocycles. The molecule has 0 saturated carbocycles. The van der Waals surface area contributed by atoms with Crippen molar-refractivity contribution in [3.63, 3.8) is 0 Å². The zero-order valence-corrected chi connectivity index (χ0v) is 61.8. The van der Waals surface area contributed by atoms with E-state index in [0.717, 1.165) is 58.0 Å². The van der Waals surface area contributed by atoms with Crippen molar-refractivity contribution in [1.82, 2.24) is 39.0 Å². The van der Waals surface area contributed by atoms with Crippen LogP contribution in [0.5, 0.6) is 0 Å². The first-order valence-corrected chi connectivity index (χ1v) is 37.7. The fourth-order valence-electron chi connectivity index (χ4n) is 15.8. The van der Waals surface area contributed by atoms with Gasteiger partial charge in [-0.2, -0.15) is 0 Å². The van der Waals surface area contributed by atoms with Gasteiger partial charge in [0, 0.05) is 65.2 Å². The molecule has 108 heavy (non-hydrogen) atoms. The van der Waals surface area contributed by atoms with Gasteiger partial charge in [0.15, 0.2) is 34.8 Å². The van der Waals surface area contributed by atoms with E-state index in [-0.39, 0.29) is 0 Å². The van der Waals surface area contributed by atoms with E-state index in [1.165, 1.54) is 121 Å². The van der Waals surface area contributed by atoms with Crippen LogP contribution in [0, 0.1) is 0 Å². The highest BCUT2D eigenvalue weighted by Crippen LogP contribution is 2.41. The highest BCUT2D eigenvalue weighted by molar-refractivity contribution is 9.10. The molecule has 0 atom stereocenters. The molecule has 0 radical (unpaired) electrons. The Morgan fingerprint density at radius 1 is 0.278 bits per heavy atom. The summed E-state index contributed by atoms with van der Waals surface area (Å²) in [7, 11) is -0.636. The summed E-state index contributed by atoms with van der Waals surface area (Å²) in [5.41, 5.74) is 23.2. The second-order valence-corrected chi connectivity index (χ2v) is 30.3. The van der Waals surface area contributed by atoms with E-state index in [4.69, 9.17) is 24.3 Å². The normalized spacial score (nSPS) is 13.9. The standard InChI is InChI=1S/C45H30N4.C30H20BrN.C21H22BN3O2/c1-3-11-29(12-4-1)43-46-44(30-13-5-2-6-14-30)48-45(47-43)33-20-19-31-23-36-27-37-28-38(22-21-32(37)24-35(36)26-34(31)25-33)49-41-17-9-7-15-39(41)40-16-8-10-18-42(40)49;31-25-11-9-19-13-22-16-24-18-26(12-10-20(24)14-21(22)15-23(19)17-25)32-29-7-3-1-5-27(29)28-6-2-4-8-30(28)32;1-20(2)21(3,4)27-22(26-20)19-24-17(15-11-7-5-8-12-15)23-18(25-19)16-13-9-6-10-14-16/h1-23,25-26,28H,24,27H2;1-13,15,17-18H,14,16H2;5-14H,1-4H3. The van der Waals surface area contributed by atoms with Crippen molar-refractivity contribution in [1.29, 1.82) is 0 Å². The Morgan fingerprint density at radius 2 is 0.583 bits per heavy atom. The van der Waals surface area contributed by atoms with Crippen molar-refractivity contribution >= 4 is 93.9 Å². The van der Waals surface area contributed by atoms with Gasteiger partial charge in [0.1, 0.15) is 0 Å². The van der Waals surface area contributed by atoms with E-state index in [9.17, 15) is 0 Å². The van der Waals surface area contributed by atoms with Crippen LogP contribution in [0.2, 0.25) is 0 Å². The highest BCUT2D eigenvalue weighted by Gasteiger charge is 2.53. The minimum atomic E-state index is -0.636. The Kier molecular flexibility index (Phi) is 16.7. The molecule has 1 aliphatic heterocycles. The predicted octanol–water partition coefficient (Wildman–Crippen LogP) is 22.3. The molecule has 4 aromatic heterocycles. The maximum absolute atomic E-state index is 6.16. The summed E-state index contributed by atoms with van der Waals surface area (Å²) in [6, 6.07) is 112. The lowest BCUT2D eigenvalue weighted by Crippen LogP contribution is -2.41. The number of para-hydroxylation sites is 4. The highest BCUT2D eigenvalue weighted by atomic mass is 79.9. The monoisotopic (exact) mass is 1460 g/mol. The third-order valence-corrected chi connectivity index (χ3v) is 22.5. The minimum absolute atomic E-state index is 0.454. The van der Waals surface area contributed by atoms with Gasteiger partial charge < -0.3 is 18.4 Å². The van der Waals surface area contributed by atoms with E-state index in [2.05, 4.69) is 234 Å². The second-order valence-electron chi connectivity index (χ2n) is 29.3. The van der Waals surface area contributed by atoms with Gasteiger partial charge in [0.25, 0.3) is 0 Å². The largest absolute Gasteiger partial charge is 0.534 e. The number of hydrogen-bond donors (Lipinski definition) is 0. The molecule has 10 nitrogen and oxygen atoms in total. The molecule has 1 fully saturated rings. The van der Waals surface area contributed by atoms with Crippen molar-refractivity contribution in [3.05, 3.63) is 364 Å². The first-order chi connectivity index (χ1) is 52.8. The van der Waals surface area contributed by atoms with Crippen LogP contribution in [0.25, 0.3) is 133 Å². The molecule has 18 aromatic rings. The van der Waals surface area contributed by atoms with Gasteiger partial charge in [0.05, 0.1) is 33.3 Å². The van der Waals surface area contributed by atoms with Crippen LogP contribution >= 0.6 is 15.9 Å². The summed E-state index contributed by atoms with van der Waals surface area (Å²) in [6.45, 7) is 8.07. The summed E-state index contributed by atoms with van der Waals surface area (Å²) in [5, 5.41) is 10.2. The zero-order valence-electron chi connectivity index (χ0n) is 60.2. The zero-order chi connectivity index (χ0) is 72.6. The Morgan fingerprint density at radius 3 is 0.972 bits per heavy atom. The van der Waals surface area contributed by atoms with E-state index in [1.807, 2.05) is 149 Å². The van der Waals surface area contributed by atoms with Gasteiger partial charge in [-0.25, -0.2) is 29.9 Å². The molecule has 3 aliphatic rings. The number of rotatable bonds is 8. The third-order valence-electron chi connectivity index (χ3n) is 22.0. The van der Waals surface area contributed by atoms with Gasteiger partial charge >= 0.3 is 7.12 Å². The van der Waals surface area contributed by atoms with E-state index in [1.54, 1.807) is 0 Å². The van der Waals surface area contributed by atoms with Crippen molar-refractivity contribution in [2.24, 2.45) is 0 Å². The van der Waals surface area contributed by atoms with Crippen molar-refractivity contribution < 1.29 is 9.31 Å². The topological polar surface area (TPSA) is 106 Å². The third kappa shape index (κ3) is 12.4. The Labute approximate surface area is 635 Å². The summed E-state index contributed by atoms with van der Waals surface area (Å²) in [5.74, 6) is 3.23. The first kappa shape index (κ1) is 66.4. The van der Waals surface area contributed by atoms with Crippen LogP contribution in [-0.2, 0) is 35.0 Å². The van der Waals surface area contributed by atoms with Gasteiger partial charge in [-0.05, 0) is 186 Å². The predicted molar refractivity (Wildman–Crippen MR) is 444 cm³/mol. The van der Waals surface area contributed by atoms with Crippen molar-refractivity contribution in [2.45, 2.75) is 64.6 Å². The average molecular weight is 1460 g/mol. The fraction of sp³-hybridized carbons (Fsp3) is 0.104. The molecular weight excluding hydrogens is 1390 g/mol. The molecule has 0 N–H and O–H groups in total. The Hall–Kier alpha value is -12.3. The van der Waals surface area contributed by atoms with Crippen molar-refractivity contribution in [2.75, 3.05) is 0 Å². The minimum Gasteiger partial charge on any atom is -0.397 e. The van der Waals surface area contributed by atoms with Crippen LogP contribution in [0.1, 0.15) is 72.2 Å². The maximum Gasteiger partial charge on any atom is 0.534 e. The quantitative estimate of drug-likeness (QED) is 0.139. The summed E-state index contributed by atoms with van der Waals surface area (Å²) in [6.07, 6.45) is 3.82. The maximum atomic E-state index is 6.16. The SMILES string of the molecule is Brc1ccc2cc3c(cc2c1)Cc1ccc(-n2c4ccccc4c4ccccc42)cc1C3.CC1(C)OB(c2nc(-c3ccccc3)nc(-c3ccccc3)n2)OC1(C)C.c1ccc(-c2nc(-c3ccccc3)nc(-c3ccc4cc5c(cc4c3)Cc3ccc(-n4c6ccccc6c6ccccc64)cc3C5)n2)cc1. The molecule has 0 amide bonds. The van der Waals surface area contributed by atoms with E-state index in [0.29, 0.717) is 34.8 Å². The van der Waals surface area contributed by atoms with Crippen LogP contribution < -0.4 is 5.72 Å². The van der Waals surface area contributed by atoms with Crippen LogP contribution in [0.4, 0.5) is 0 Å². The van der Waals surface area contributed by atoms with Gasteiger partial charge in [-0.3, -0.25) is 0 Å². The fourth-order valence-corrected chi connectivity index (χ4v) is 16.1. The Bertz CT molecular complexity index is 6300. The second kappa shape index (κ2) is 27.2. The molecule has 1 saturated heterocycles. The van der Waals surface area contributed by atoms with Crippen LogP contribution in [0.15, 0.2) is 320 Å². The molecule has 0 unspecified atom stereocenters. The number of aromatic nitrogens is 8. The number of hydrogen-bond acceptors (Lipinski definition) is 8. The first-order valence-electron chi connectivity index (χ1n) is 36.9. The molecule has 21 rings (SSSR count). The average Bonchev–Trinajstić information content (AvgIpc) is 1.52. The van der Waals surface area contributed by atoms with Crippen molar-refractivity contribution in [3.8, 4) is 68.3 Å². The molecule has 518 valence electrons. The molecule has 0 bridgehead atoms. The van der Waals surface area contributed by atoms with Gasteiger partial charge in [-0.15, -0.1) is 0 Å². The number of fused-ring (bicyclic) bond motifs is 12. The summed E-state index contributed by atoms with van der Waals surface area (Å²) >= 11 is 3.61. The lowest BCUT2D eigenvalue weighted by molar-refractivity contribution is 0.00578. The molecule has 12 heteroatoms. The molecule has 0 spiro atoms. The smallest absolute Gasteiger partial charge is 0.397 e. The molecule has 2 aliphatic carbocycles. The molecule has 14 aromatic carbocycles. The number of halogens is 1. The lowest BCUT2D eigenvalue weighted by atomic mass is 9.84. The van der Waals surface area contributed by atoms with Crippen LogP contribution in [-0.4, -0.2) is 57.4 Å². The van der Waals surface area contributed by atoms with E-state index >= 15 is 0 Å². The summed E-state index contributed by atoms with van der Waals surface area (Å²) in [4.78, 5) is 28.8. The van der Waals surface area contributed by atoms with Crippen LogP contribution in [0.3, 0.4) is 0 Å².